The molecular weight excluding hydrogens is 450 g/mol. The van der Waals surface area contributed by atoms with Gasteiger partial charge in [0.1, 0.15) is 17.3 Å². The molecule has 4 N–H and O–H groups in total. The van der Waals surface area contributed by atoms with Crippen LogP contribution < -0.4 is 15.2 Å². The average molecular weight is 482 g/mol. The molecule has 0 spiro atoms. The second kappa shape index (κ2) is 10.8. The fourth-order valence-corrected chi connectivity index (χ4v) is 4.20. The van der Waals surface area contributed by atoms with Crippen molar-refractivity contribution in [3.63, 3.8) is 0 Å². The quantitative estimate of drug-likeness (QED) is 0.357. The van der Waals surface area contributed by atoms with Crippen LogP contribution in [0.1, 0.15) is 48.8 Å². The molecule has 1 aromatic carbocycles. The molecule has 3 rings (SSSR count). The van der Waals surface area contributed by atoms with Crippen LogP contribution in [0.5, 0.6) is 5.88 Å². The van der Waals surface area contributed by atoms with Crippen LogP contribution in [0, 0.1) is 19.3 Å². The molecule has 0 amide bonds. The second-order valence-electron chi connectivity index (χ2n) is 9.39. The number of rotatable bonds is 9. The number of nitrogens with one attached hydrogen (secondary N) is 1. The van der Waals surface area contributed by atoms with Crippen LogP contribution in [0.25, 0.3) is 11.3 Å². The summed E-state index contributed by atoms with van der Waals surface area (Å²) < 4.78 is 9.05. The van der Waals surface area contributed by atoms with Crippen LogP contribution >= 0.6 is 11.9 Å². The number of carbonyl (C=O) groups is 1. The van der Waals surface area contributed by atoms with Gasteiger partial charge in [-0.1, -0.05) is 45.0 Å². The Bertz CT molecular complexity index is 1140. The largest absolute Gasteiger partial charge is 0.477 e. The first-order chi connectivity index (χ1) is 16.0. The van der Waals surface area contributed by atoms with Crippen molar-refractivity contribution in [2.45, 2.75) is 52.1 Å². The zero-order chi connectivity index (χ0) is 24.9. The normalized spacial score (nSPS) is 12.3. The molecule has 0 fully saturated rings. The Labute approximate surface area is 204 Å². The van der Waals surface area contributed by atoms with Crippen molar-refractivity contribution < 1.29 is 14.6 Å². The number of nitrogens with zero attached hydrogens (tertiary/aromatic N) is 3. The summed E-state index contributed by atoms with van der Waals surface area (Å²) >= 11 is 1.13. The van der Waals surface area contributed by atoms with Gasteiger partial charge in [0, 0.05) is 29.6 Å². The molecule has 34 heavy (non-hydrogen) atoms. The maximum Gasteiger partial charge on any atom is 0.354 e. The number of aromatic nitrogens is 3. The Balaban J connectivity index is 1.88. The van der Waals surface area contributed by atoms with Gasteiger partial charge in [-0.05, 0) is 48.9 Å². The van der Waals surface area contributed by atoms with Gasteiger partial charge in [0.25, 0.3) is 0 Å². The molecule has 0 saturated carbocycles. The van der Waals surface area contributed by atoms with Crippen LogP contribution in [0.2, 0.25) is 0 Å². The molecule has 180 valence electrons. The highest BCUT2D eigenvalue weighted by Crippen LogP contribution is 2.30. The van der Waals surface area contributed by atoms with Crippen molar-refractivity contribution in [3.8, 4) is 17.1 Å². The molecule has 9 heteroatoms. The van der Waals surface area contributed by atoms with E-state index in [0.717, 1.165) is 40.8 Å². The van der Waals surface area contributed by atoms with Gasteiger partial charge in [-0.25, -0.2) is 14.8 Å². The number of nitrogens with two attached hydrogens (primary N) is 1. The van der Waals surface area contributed by atoms with E-state index < -0.39 is 5.97 Å². The minimum Gasteiger partial charge on any atom is -0.477 e. The van der Waals surface area contributed by atoms with Crippen LogP contribution in [-0.2, 0) is 0 Å². The third kappa shape index (κ3) is 7.16. The summed E-state index contributed by atoms with van der Waals surface area (Å²) in [4.78, 5) is 24.5. The first-order valence-electron chi connectivity index (χ1n) is 11.0. The van der Waals surface area contributed by atoms with Gasteiger partial charge in [0.15, 0.2) is 0 Å². The average Bonchev–Trinajstić information content (AvgIpc) is 2.75. The molecule has 1 atom stereocenters. The van der Waals surface area contributed by atoms with Crippen molar-refractivity contribution in [1.82, 2.24) is 15.0 Å². The highest BCUT2D eigenvalue weighted by Gasteiger charge is 2.18. The Hall–Kier alpha value is -3.17. The van der Waals surface area contributed by atoms with Crippen molar-refractivity contribution >= 4 is 23.9 Å². The van der Waals surface area contributed by atoms with E-state index in [-0.39, 0.29) is 17.2 Å². The number of hydrogen-bond donors (Lipinski definition) is 3. The molecule has 0 radical (unpaired) electrons. The summed E-state index contributed by atoms with van der Waals surface area (Å²) in [5.74, 6) is -0.350. The Morgan fingerprint density at radius 3 is 2.44 bits per heavy atom. The maximum absolute atomic E-state index is 11.2. The fraction of sp³-hybridized carbons (Fsp3) is 0.360. The SMILES string of the molecule is Cc1cccc(C)c1-c1cc(OC[C@H](N)CC(C)(C)C)nc(NSc2cccc(C(=O)O)n2)n1. The van der Waals surface area contributed by atoms with Gasteiger partial charge >= 0.3 is 5.97 Å². The molecule has 0 bridgehead atoms. The Morgan fingerprint density at radius 1 is 1.12 bits per heavy atom. The summed E-state index contributed by atoms with van der Waals surface area (Å²) in [6.07, 6.45) is 0.814. The molecule has 2 heterocycles. The van der Waals surface area contributed by atoms with Gasteiger partial charge in [-0.3, -0.25) is 4.72 Å². The standard InChI is InChI=1S/C25H31N5O3S/c1-15-8-6-9-16(2)22(15)19-12-20(33-14-17(26)13-25(3,4)5)29-24(28-19)30-34-21-11-7-10-18(27-21)23(31)32/h6-12,17H,13-14,26H2,1-5H3,(H,31,32)(H,28,29,30)/t17-/m1/s1. The lowest BCUT2D eigenvalue weighted by molar-refractivity contribution is 0.0689. The highest BCUT2D eigenvalue weighted by atomic mass is 32.2. The molecule has 2 aromatic heterocycles. The van der Waals surface area contributed by atoms with Crippen LogP contribution in [0.3, 0.4) is 0 Å². The van der Waals surface area contributed by atoms with Gasteiger partial charge in [-0.15, -0.1) is 0 Å². The number of carboxylic acid groups (broad SMARTS) is 1. The van der Waals surface area contributed by atoms with Gasteiger partial charge in [-0.2, -0.15) is 4.98 Å². The van der Waals surface area contributed by atoms with Crippen molar-refractivity contribution in [3.05, 3.63) is 59.3 Å². The number of ether oxygens (including phenoxy) is 1. The molecule has 3 aromatic rings. The summed E-state index contributed by atoms with van der Waals surface area (Å²) in [6.45, 7) is 10.8. The lowest BCUT2D eigenvalue weighted by Gasteiger charge is -2.23. The van der Waals surface area contributed by atoms with E-state index in [1.807, 2.05) is 38.1 Å². The molecule has 0 aliphatic heterocycles. The molecule has 0 aliphatic carbocycles. The number of anilines is 1. The predicted octanol–water partition coefficient (Wildman–Crippen LogP) is 5.12. The van der Waals surface area contributed by atoms with Crippen LogP contribution in [0.15, 0.2) is 47.5 Å². The summed E-state index contributed by atoms with van der Waals surface area (Å²) in [7, 11) is 0. The Kier molecular flexibility index (Phi) is 8.11. The summed E-state index contributed by atoms with van der Waals surface area (Å²) in [6, 6.07) is 12.6. The number of hydrogen-bond acceptors (Lipinski definition) is 8. The molecule has 0 aliphatic rings. The van der Waals surface area contributed by atoms with Crippen LogP contribution in [0.4, 0.5) is 5.95 Å². The number of pyridine rings is 1. The van der Waals surface area contributed by atoms with E-state index in [0.29, 0.717) is 23.5 Å². The van der Waals surface area contributed by atoms with Crippen molar-refractivity contribution in [2.75, 3.05) is 11.3 Å². The molecule has 8 nitrogen and oxygen atoms in total. The van der Waals surface area contributed by atoms with Crippen molar-refractivity contribution in [1.29, 1.82) is 0 Å². The number of aromatic carboxylic acids is 1. The Morgan fingerprint density at radius 2 is 1.79 bits per heavy atom. The van der Waals surface area contributed by atoms with E-state index in [1.165, 1.54) is 6.07 Å². The minimum atomic E-state index is -1.09. The maximum atomic E-state index is 11.2. The van der Waals surface area contributed by atoms with E-state index in [1.54, 1.807) is 12.1 Å². The summed E-state index contributed by atoms with van der Waals surface area (Å²) in [5.41, 5.74) is 10.2. The number of carboxylic acids is 1. The predicted molar refractivity (Wildman–Crippen MR) is 135 cm³/mol. The van der Waals surface area contributed by atoms with Crippen molar-refractivity contribution in [2.24, 2.45) is 11.1 Å². The first-order valence-corrected chi connectivity index (χ1v) is 11.8. The zero-order valence-corrected chi connectivity index (χ0v) is 20.9. The van der Waals surface area contributed by atoms with Crippen LogP contribution in [-0.4, -0.2) is 38.7 Å². The lowest BCUT2D eigenvalue weighted by Crippen LogP contribution is -2.32. The van der Waals surface area contributed by atoms with Gasteiger partial charge in [0.2, 0.25) is 11.8 Å². The lowest BCUT2D eigenvalue weighted by atomic mass is 9.89. The molecule has 0 saturated heterocycles. The van der Waals surface area contributed by atoms with Gasteiger partial charge < -0.3 is 15.6 Å². The topological polar surface area (TPSA) is 123 Å². The van der Waals surface area contributed by atoms with Gasteiger partial charge in [0.05, 0.1) is 5.69 Å². The second-order valence-corrected chi connectivity index (χ2v) is 10.2. The zero-order valence-electron chi connectivity index (χ0n) is 20.1. The molecular formula is C25H31N5O3S. The third-order valence-corrected chi connectivity index (χ3v) is 5.67. The fourth-order valence-electron chi connectivity index (χ4n) is 3.62. The van der Waals surface area contributed by atoms with E-state index in [9.17, 15) is 9.90 Å². The monoisotopic (exact) mass is 481 g/mol. The molecule has 0 unspecified atom stereocenters. The highest BCUT2D eigenvalue weighted by molar-refractivity contribution is 8.00. The van der Waals surface area contributed by atoms with E-state index >= 15 is 0 Å². The summed E-state index contributed by atoms with van der Waals surface area (Å²) in [5, 5.41) is 9.66. The van der Waals surface area contributed by atoms with E-state index in [2.05, 4.69) is 40.4 Å². The minimum absolute atomic E-state index is 0.0335. The third-order valence-electron chi connectivity index (χ3n) is 4.95. The first kappa shape index (κ1) is 25.5. The smallest absolute Gasteiger partial charge is 0.354 e. The number of benzene rings is 1. The number of aryl methyl sites for hydroxylation is 2. The van der Waals surface area contributed by atoms with E-state index in [4.69, 9.17) is 10.5 Å².